The first-order valence-electron chi connectivity index (χ1n) is 2.14. The Morgan fingerprint density at radius 3 is 3.00 bits per heavy atom. The van der Waals surface area contributed by atoms with Crippen molar-refractivity contribution in [3.8, 4) is 0 Å². The molecule has 1 aliphatic heterocycles. The third kappa shape index (κ3) is 1.23. The van der Waals surface area contributed by atoms with Gasteiger partial charge in [0, 0.05) is 6.26 Å². The molecule has 0 unspecified atom stereocenters. The molecular formula is C4H6N3S. The van der Waals surface area contributed by atoms with Crippen LogP contribution in [0.5, 0.6) is 0 Å². The maximum absolute atomic E-state index is 3.87. The van der Waals surface area contributed by atoms with Crippen molar-refractivity contribution < 1.29 is 0 Å². The van der Waals surface area contributed by atoms with Gasteiger partial charge in [-0.3, -0.25) is 9.30 Å². The lowest BCUT2D eigenvalue weighted by Gasteiger charge is -2.12. The van der Waals surface area contributed by atoms with Gasteiger partial charge in [0.1, 0.15) is 19.3 Å². The minimum absolute atomic E-state index is 0.664. The highest BCUT2D eigenvalue weighted by Crippen LogP contribution is 2.04. The minimum atomic E-state index is 0.664. The molecule has 0 atom stereocenters. The summed E-state index contributed by atoms with van der Waals surface area (Å²) in [5.74, 6) is 0. The Morgan fingerprint density at radius 2 is 2.62 bits per heavy atom. The molecule has 0 saturated heterocycles. The number of nitrogens with zero attached hydrogens (tertiary/aromatic N) is 3. The molecule has 43 valence electrons. The summed E-state index contributed by atoms with van der Waals surface area (Å²) in [4.78, 5) is 7.65. The quantitative estimate of drug-likeness (QED) is 0.487. The van der Waals surface area contributed by atoms with Crippen LogP contribution in [0.15, 0.2) is 9.98 Å². The summed E-state index contributed by atoms with van der Waals surface area (Å²) in [6.07, 6.45) is 6.82. The van der Waals surface area contributed by atoms with E-state index in [-0.39, 0.29) is 0 Å². The van der Waals surface area contributed by atoms with Crippen LogP contribution in [0.2, 0.25) is 0 Å². The smallest absolute Gasteiger partial charge is 0.123 e. The first kappa shape index (κ1) is 5.62. The van der Waals surface area contributed by atoms with Crippen LogP contribution < -0.4 is 0 Å². The number of hydrogen-bond donors (Lipinski definition) is 0. The average Bonchev–Trinajstić information content (AvgIpc) is 1.90. The second kappa shape index (κ2) is 2.71. The molecule has 0 amide bonds. The summed E-state index contributed by atoms with van der Waals surface area (Å²) in [5, 5.41) is 0. The van der Waals surface area contributed by atoms with Crippen molar-refractivity contribution in [1.82, 2.24) is 4.31 Å². The Balaban J connectivity index is 2.40. The predicted molar refractivity (Wildman–Crippen MR) is 36.6 cm³/mol. The zero-order chi connectivity index (χ0) is 5.82. The van der Waals surface area contributed by atoms with Gasteiger partial charge in [-0.05, 0) is 11.9 Å². The maximum atomic E-state index is 3.87. The fourth-order valence-electron chi connectivity index (χ4n) is 0.379. The molecule has 0 aliphatic carbocycles. The van der Waals surface area contributed by atoms with Crippen LogP contribution in [0.4, 0.5) is 0 Å². The number of hydrogen-bond acceptors (Lipinski definition) is 4. The molecule has 0 N–H and O–H groups in total. The molecule has 0 fully saturated rings. The lowest BCUT2D eigenvalue weighted by molar-refractivity contribution is 0.708. The van der Waals surface area contributed by atoms with Gasteiger partial charge in [-0.1, -0.05) is 0 Å². The van der Waals surface area contributed by atoms with Crippen LogP contribution in [0, 0.1) is 6.26 Å². The molecule has 1 radical (unpaired) electrons. The normalized spacial score (nSPS) is 17.4. The topological polar surface area (TPSA) is 28.0 Å². The summed E-state index contributed by atoms with van der Waals surface area (Å²) in [6, 6.07) is 0. The molecule has 0 aromatic carbocycles. The van der Waals surface area contributed by atoms with E-state index in [2.05, 4.69) is 16.2 Å². The van der Waals surface area contributed by atoms with E-state index in [1.807, 2.05) is 4.31 Å². The molecule has 0 spiro atoms. The SMILES string of the molecule is [CH2]SN1C=NC=NC1. The summed E-state index contributed by atoms with van der Waals surface area (Å²) < 4.78 is 1.83. The van der Waals surface area contributed by atoms with Gasteiger partial charge in [0.05, 0.1) is 0 Å². The Hall–Kier alpha value is -0.510. The Labute approximate surface area is 52.6 Å². The molecule has 0 aromatic heterocycles. The fourth-order valence-corrected chi connectivity index (χ4v) is 0.648. The van der Waals surface area contributed by atoms with Crippen molar-refractivity contribution >= 4 is 24.6 Å². The molecule has 0 bridgehead atoms. The minimum Gasteiger partial charge on any atom is -0.285 e. The second-order valence-corrected chi connectivity index (χ2v) is 1.98. The van der Waals surface area contributed by atoms with Crippen molar-refractivity contribution in [2.75, 3.05) is 6.67 Å². The second-order valence-electron chi connectivity index (χ2n) is 1.25. The molecular weight excluding hydrogens is 122 g/mol. The average molecular weight is 128 g/mol. The van der Waals surface area contributed by atoms with Gasteiger partial charge in [-0.25, -0.2) is 4.99 Å². The van der Waals surface area contributed by atoms with Crippen molar-refractivity contribution in [3.05, 3.63) is 6.26 Å². The van der Waals surface area contributed by atoms with E-state index in [1.165, 1.54) is 18.3 Å². The first-order chi connectivity index (χ1) is 3.93. The van der Waals surface area contributed by atoms with Crippen molar-refractivity contribution in [3.63, 3.8) is 0 Å². The van der Waals surface area contributed by atoms with Gasteiger partial charge in [-0.15, -0.1) is 0 Å². The highest BCUT2D eigenvalue weighted by molar-refractivity contribution is 7.98. The van der Waals surface area contributed by atoms with Gasteiger partial charge in [0.25, 0.3) is 0 Å². The van der Waals surface area contributed by atoms with Gasteiger partial charge in [0.2, 0.25) is 0 Å². The van der Waals surface area contributed by atoms with E-state index in [0.717, 1.165) is 0 Å². The van der Waals surface area contributed by atoms with E-state index in [0.29, 0.717) is 6.67 Å². The molecule has 0 saturated carbocycles. The monoisotopic (exact) mass is 128 g/mol. The van der Waals surface area contributed by atoms with Gasteiger partial charge in [-0.2, -0.15) is 0 Å². The summed E-state index contributed by atoms with van der Waals surface area (Å²) in [7, 11) is 0. The first-order valence-corrected chi connectivity index (χ1v) is 3.08. The van der Waals surface area contributed by atoms with Crippen LogP contribution >= 0.6 is 11.9 Å². The maximum Gasteiger partial charge on any atom is 0.123 e. The van der Waals surface area contributed by atoms with Crippen LogP contribution in [-0.2, 0) is 0 Å². The molecule has 1 aliphatic rings. The molecule has 1 rings (SSSR count). The summed E-state index contributed by atoms with van der Waals surface area (Å²) in [5.41, 5.74) is 0. The number of aliphatic imine (C=N–C) groups is 2. The van der Waals surface area contributed by atoms with E-state index >= 15 is 0 Å². The van der Waals surface area contributed by atoms with E-state index in [1.54, 1.807) is 6.34 Å². The fraction of sp³-hybridized carbons (Fsp3) is 0.250. The van der Waals surface area contributed by atoms with Gasteiger partial charge < -0.3 is 0 Å². The summed E-state index contributed by atoms with van der Waals surface area (Å²) >= 11 is 1.37. The molecule has 3 nitrogen and oxygen atoms in total. The number of rotatable bonds is 1. The Kier molecular flexibility index (Phi) is 1.91. The van der Waals surface area contributed by atoms with Gasteiger partial charge >= 0.3 is 0 Å². The van der Waals surface area contributed by atoms with E-state index in [4.69, 9.17) is 0 Å². The zero-order valence-electron chi connectivity index (χ0n) is 4.32. The lowest BCUT2D eigenvalue weighted by Crippen LogP contribution is -2.14. The van der Waals surface area contributed by atoms with Crippen LogP contribution in [0.3, 0.4) is 0 Å². The highest BCUT2D eigenvalue weighted by Gasteiger charge is 1.95. The molecule has 4 heteroatoms. The zero-order valence-corrected chi connectivity index (χ0v) is 5.14. The highest BCUT2D eigenvalue weighted by atomic mass is 32.2. The Bertz CT molecular complexity index is 120. The largest absolute Gasteiger partial charge is 0.285 e. The molecule has 1 heterocycles. The van der Waals surface area contributed by atoms with E-state index < -0.39 is 0 Å². The Morgan fingerprint density at radius 1 is 1.75 bits per heavy atom. The summed E-state index contributed by atoms with van der Waals surface area (Å²) in [6.45, 7) is 0.664. The van der Waals surface area contributed by atoms with Crippen molar-refractivity contribution in [1.29, 1.82) is 0 Å². The van der Waals surface area contributed by atoms with E-state index in [9.17, 15) is 0 Å². The molecule has 8 heavy (non-hydrogen) atoms. The van der Waals surface area contributed by atoms with Crippen molar-refractivity contribution in [2.24, 2.45) is 9.98 Å². The standard InChI is InChI=1S/C4H6N3S/c1-8-7-3-5-2-6-4-7/h2-3H,1,4H2. The lowest BCUT2D eigenvalue weighted by atomic mass is 10.9. The van der Waals surface area contributed by atoms with Gasteiger partial charge in [0.15, 0.2) is 0 Å². The third-order valence-electron chi connectivity index (χ3n) is 0.731. The third-order valence-corrected chi connectivity index (χ3v) is 1.27. The van der Waals surface area contributed by atoms with Crippen LogP contribution in [0.25, 0.3) is 0 Å². The van der Waals surface area contributed by atoms with Crippen molar-refractivity contribution in [2.45, 2.75) is 0 Å². The van der Waals surface area contributed by atoms with Crippen LogP contribution in [-0.4, -0.2) is 23.7 Å². The molecule has 0 aromatic rings. The van der Waals surface area contributed by atoms with Crippen LogP contribution in [0.1, 0.15) is 0 Å². The predicted octanol–water partition coefficient (Wildman–Crippen LogP) is 0.756.